The molecule has 0 bridgehead atoms. The second-order valence-electron chi connectivity index (χ2n) is 8.85. The first-order valence-electron chi connectivity index (χ1n) is 11.1. The number of ether oxygens (including phenoxy) is 1. The Morgan fingerprint density at radius 2 is 1.69 bits per heavy atom. The highest BCUT2D eigenvalue weighted by Crippen LogP contribution is 2.44. The number of nitrogens with one attached hydrogen (secondary N) is 1. The zero-order valence-corrected chi connectivity index (χ0v) is 18.3. The first-order valence-corrected chi connectivity index (χ1v) is 11.1. The number of amides is 1. The Labute approximate surface area is 187 Å². The highest BCUT2D eigenvalue weighted by molar-refractivity contribution is 5.79. The van der Waals surface area contributed by atoms with Gasteiger partial charge in [0.1, 0.15) is 12.4 Å². The monoisotopic (exact) mass is 437 g/mol. The van der Waals surface area contributed by atoms with E-state index >= 15 is 4.39 Å². The van der Waals surface area contributed by atoms with Crippen molar-refractivity contribution in [3.8, 4) is 11.1 Å². The molecule has 6 heteroatoms. The third-order valence-electron chi connectivity index (χ3n) is 6.52. The molecule has 1 fully saturated rings. The third-order valence-corrected chi connectivity index (χ3v) is 6.52. The largest absolute Gasteiger partial charge is 0.481 e. The van der Waals surface area contributed by atoms with Crippen LogP contribution in [0.4, 0.5) is 9.18 Å². The van der Waals surface area contributed by atoms with Gasteiger partial charge in [-0.15, -0.1) is 0 Å². The number of carboxylic acids is 1. The molecule has 0 saturated heterocycles. The fourth-order valence-electron chi connectivity index (χ4n) is 4.89. The van der Waals surface area contributed by atoms with Crippen LogP contribution in [0.3, 0.4) is 0 Å². The smallest absolute Gasteiger partial charge is 0.407 e. The molecular formula is C26H28FNO4. The van der Waals surface area contributed by atoms with Gasteiger partial charge < -0.3 is 15.2 Å². The van der Waals surface area contributed by atoms with Crippen molar-refractivity contribution in [1.29, 1.82) is 0 Å². The molecule has 32 heavy (non-hydrogen) atoms. The van der Waals surface area contributed by atoms with Gasteiger partial charge in [-0.25, -0.2) is 9.18 Å². The summed E-state index contributed by atoms with van der Waals surface area (Å²) in [6.45, 7) is 3.72. The van der Waals surface area contributed by atoms with Gasteiger partial charge in [-0.1, -0.05) is 62.4 Å². The quantitative estimate of drug-likeness (QED) is 0.612. The number of fused-ring (bicyclic) bond motifs is 3. The fourth-order valence-corrected chi connectivity index (χ4v) is 4.89. The molecule has 0 heterocycles. The Hall–Kier alpha value is -3.15. The first-order chi connectivity index (χ1) is 15.4. The molecule has 2 aromatic rings. The number of alkyl carbamates (subject to hydrolysis) is 1. The molecule has 2 N–H and O–H groups in total. The van der Waals surface area contributed by atoms with Crippen LogP contribution in [0.1, 0.15) is 50.2 Å². The molecule has 0 unspecified atom stereocenters. The maximum Gasteiger partial charge on any atom is 0.407 e. The molecule has 2 atom stereocenters. The maximum atomic E-state index is 15.3. The van der Waals surface area contributed by atoms with E-state index in [0.29, 0.717) is 19.3 Å². The Morgan fingerprint density at radius 1 is 1.09 bits per heavy atom. The molecule has 2 aliphatic rings. The predicted molar refractivity (Wildman–Crippen MR) is 120 cm³/mol. The normalized spacial score (nSPS) is 19.9. The number of benzene rings is 2. The fraction of sp³-hybridized carbons (Fsp3) is 0.385. The van der Waals surface area contributed by atoms with E-state index in [1.54, 1.807) is 13.8 Å². The third kappa shape index (κ3) is 4.14. The van der Waals surface area contributed by atoms with Crippen LogP contribution in [0, 0.1) is 11.8 Å². The lowest BCUT2D eigenvalue weighted by molar-refractivity contribution is -0.140. The van der Waals surface area contributed by atoms with Crippen LogP contribution in [-0.2, 0) is 9.53 Å². The summed E-state index contributed by atoms with van der Waals surface area (Å²) in [7, 11) is 0. The maximum absolute atomic E-state index is 15.3. The number of halogens is 1. The molecule has 0 radical (unpaired) electrons. The summed E-state index contributed by atoms with van der Waals surface area (Å²) >= 11 is 0. The zero-order valence-electron chi connectivity index (χ0n) is 18.3. The highest BCUT2D eigenvalue weighted by atomic mass is 19.1. The van der Waals surface area contributed by atoms with E-state index in [4.69, 9.17) is 4.74 Å². The number of carbonyl (C=O) groups is 2. The van der Waals surface area contributed by atoms with Crippen molar-refractivity contribution in [1.82, 2.24) is 5.32 Å². The van der Waals surface area contributed by atoms with Gasteiger partial charge in [0, 0.05) is 5.92 Å². The minimum atomic E-state index is -1.02. The van der Waals surface area contributed by atoms with Gasteiger partial charge in [0.25, 0.3) is 0 Å². The predicted octanol–water partition coefficient (Wildman–Crippen LogP) is 5.66. The molecule has 168 valence electrons. The number of carboxylic acid groups (broad SMARTS) is 1. The lowest BCUT2D eigenvalue weighted by Crippen LogP contribution is -2.40. The van der Waals surface area contributed by atoms with Crippen molar-refractivity contribution in [2.24, 2.45) is 11.8 Å². The van der Waals surface area contributed by atoms with Crippen LogP contribution >= 0.6 is 0 Å². The SMILES string of the molecule is CC(C)[C@H](NC(=O)OCC1c2ccccc2-c2ccccc21)/C(F)=C1/CCC[C@H]1C(=O)O. The minimum absolute atomic E-state index is 0.0833. The van der Waals surface area contributed by atoms with Crippen LogP contribution in [0.25, 0.3) is 11.1 Å². The first kappa shape index (κ1) is 22.1. The van der Waals surface area contributed by atoms with Crippen molar-refractivity contribution in [3.63, 3.8) is 0 Å². The zero-order chi connectivity index (χ0) is 22.8. The summed E-state index contributed by atoms with van der Waals surface area (Å²) in [6, 6.07) is 15.2. The van der Waals surface area contributed by atoms with Crippen molar-refractivity contribution < 1.29 is 23.8 Å². The van der Waals surface area contributed by atoms with Crippen LogP contribution < -0.4 is 5.32 Å². The van der Waals surface area contributed by atoms with Crippen LogP contribution in [0.15, 0.2) is 59.9 Å². The van der Waals surface area contributed by atoms with Gasteiger partial charge in [-0.3, -0.25) is 4.79 Å². The Balaban J connectivity index is 1.48. The lowest BCUT2D eigenvalue weighted by atomic mass is 9.94. The van der Waals surface area contributed by atoms with E-state index in [1.807, 2.05) is 36.4 Å². The number of hydrogen-bond acceptors (Lipinski definition) is 3. The average molecular weight is 438 g/mol. The Kier molecular flexibility index (Phi) is 6.31. The van der Waals surface area contributed by atoms with Crippen molar-refractivity contribution in [2.45, 2.75) is 45.1 Å². The molecule has 5 nitrogen and oxygen atoms in total. The van der Waals surface area contributed by atoms with Gasteiger partial charge in [0.2, 0.25) is 0 Å². The average Bonchev–Trinajstić information content (AvgIpc) is 3.39. The summed E-state index contributed by atoms with van der Waals surface area (Å²) in [6.07, 6.45) is 0.757. The second-order valence-corrected chi connectivity index (χ2v) is 8.85. The van der Waals surface area contributed by atoms with Gasteiger partial charge in [0.05, 0.1) is 12.0 Å². The van der Waals surface area contributed by atoms with E-state index in [9.17, 15) is 14.7 Å². The number of carbonyl (C=O) groups excluding carboxylic acids is 1. The standard InChI is InChI=1S/C26H28FNO4/c1-15(2)24(23(27)20-12-7-13-21(20)25(29)30)28-26(31)32-14-22-18-10-5-3-8-16(18)17-9-4-6-11-19(17)22/h3-6,8-11,15,21-22,24H,7,12-14H2,1-2H3,(H,28,31)(H,29,30)/b23-20+/t21-,24+/m1/s1. The second kappa shape index (κ2) is 9.15. The molecule has 2 aromatic carbocycles. The van der Waals surface area contributed by atoms with Gasteiger partial charge in [0.15, 0.2) is 0 Å². The molecule has 1 saturated carbocycles. The number of aliphatic carboxylic acids is 1. The van der Waals surface area contributed by atoms with E-state index < -0.39 is 29.8 Å². The summed E-state index contributed by atoms with van der Waals surface area (Å²) < 4.78 is 20.8. The van der Waals surface area contributed by atoms with Crippen LogP contribution in [0.2, 0.25) is 0 Å². The molecule has 0 aliphatic heterocycles. The van der Waals surface area contributed by atoms with Crippen molar-refractivity contribution in [3.05, 3.63) is 71.1 Å². The van der Waals surface area contributed by atoms with E-state index in [0.717, 1.165) is 22.3 Å². The lowest BCUT2D eigenvalue weighted by Gasteiger charge is -2.23. The van der Waals surface area contributed by atoms with E-state index in [-0.39, 0.29) is 24.0 Å². The van der Waals surface area contributed by atoms with E-state index in [1.165, 1.54) is 0 Å². The Bertz CT molecular complexity index is 1020. The van der Waals surface area contributed by atoms with Crippen molar-refractivity contribution >= 4 is 12.1 Å². The molecule has 0 aromatic heterocycles. The molecule has 2 aliphatic carbocycles. The van der Waals surface area contributed by atoms with Gasteiger partial charge in [-0.2, -0.15) is 0 Å². The Morgan fingerprint density at radius 3 is 2.25 bits per heavy atom. The summed E-state index contributed by atoms with van der Waals surface area (Å²) in [5.74, 6) is -2.71. The molecular weight excluding hydrogens is 409 g/mol. The van der Waals surface area contributed by atoms with Crippen LogP contribution in [0.5, 0.6) is 0 Å². The minimum Gasteiger partial charge on any atom is -0.481 e. The van der Waals surface area contributed by atoms with Crippen LogP contribution in [-0.4, -0.2) is 29.8 Å². The summed E-state index contributed by atoms with van der Waals surface area (Å²) in [4.78, 5) is 24.1. The summed E-state index contributed by atoms with van der Waals surface area (Å²) in [5.41, 5.74) is 4.76. The molecule has 1 amide bonds. The number of rotatable bonds is 6. The van der Waals surface area contributed by atoms with Gasteiger partial charge >= 0.3 is 12.1 Å². The van der Waals surface area contributed by atoms with E-state index in [2.05, 4.69) is 17.4 Å². The van der Waals surface area contributed by atoms with Crippen molar-refractivity contribution in [2.75, 3.05) is 6.61 Å². The topological polar surface area (TPSA) is 75.6 Å². The molecule has 0 spiro atoms. The van der Waals surface area contributed by atoms with Gasteiger partial charge in [-0.05, 0) is 53.0 Å². The molecule has 4 rings (SSSR count). The number of hydrogen-bond donors (Lipinski definition) is 2. The summed E-state index contributed by atoms with van der Waals surface area (Å²) in [5, 5.41) is 12.0. The highest BCUT2D eigenvalue weighted by Gasteiger charge is 2.35.